The van der Waals surface area contributed by atoms with E-state index < -0.39 is 0 Å². The third-order valence-electron chi connectivity index (χ3n) is 12.8. The second-order valence-electron chi connectivity index (χ2n) is 16.9. The number of rotatable bonds is 3. The van der Waals surface area contributed by atoms with Gasteiger partial charge in [0.05, 0.1) is 50.2 Å². The van der Waals surface area contributed by atoms with E-state index in [2.05, 4.69) is 199 Å². The van der Waals surface area contributed by atoms with Gasteiger partial charge in [0, 0.05) is 71.4 Å². The molecular formula is C61H37N5. The number of aromatic nitrogens is 5. The van der Waals surface area contributed by atoms with Crippen LogP contribution >= 0.6 is 0 Å². The lowest BCUT2D eigenvalue weighted by Crippen LogP contribution is -1.93. The minimum Gasteiger partial charge on any atom is -0.254 e. The summed E-state index contributed by atoms with van der Waals surface area (Å²) in [6, 6.07) is 76.5. The number of hydrogen-bond acceptors (Lipinski definition) is 5. The molecule has 0 saturated carbocycles. The zero-order chi connectivity index (χ0) is 43.6. The molecule has 0 saturated heterocycles. The molecule has 0 aliphatic heterocycles. The Morgan fingerprint density at radius 2 is 0.591 bits per heavy atom. The Labute approximate surface area is 379 Å². The van der Waals surface area contributed by atoms with Gasteiger partial charge in [-0.15, -0.1) is 0 Å². The first-order valence-electron chi connectivity index (χ1n) is 22.2. The van der Waals surface area contributed by atoms with Crippen molar-refractivity contribution in [2.75, 3.05) is 0 Å². The Bertz CT molecular complexity index is 3920. The van der Waals surface area contributed by atoms with E-state index in [0.29, 0.717) is 0 Å². The minimum atomic E-state index is 0.916. The van der Waals surface area contributed by atoms with Crippen molar-refractivity contribution in [2.24, 2.45) is 0 Å². The SMILES string of the molecule is c1ccc2c(c1)ccc1ccc(-c3cc(-c4ccc5ccc6ccccc6c5n4)cc(-c4ccc5ccc6ccccc6c5n4)c3)nc12.c1ccc2nc3c(ccc4cccnc43)cc2c1. The summed E-state index contributed by atoms with van der Waals surface area (Å²) >= 11 is 0. The molecule has 0 fully saturated rings. The molecule has 0 unspecified atom stereocenters. The highest BCUT2D eigenvalue weighted by atomic mass is 14.7. The smallest absolute Gasteiger partial charge is 0.0972 e. The van der Waals surface area contributed by atoms with Crippen LogP contribution in [-0.4, -0.2) is 24.9 Å². The monoisotopic (exact) mass is 839 g/mol. The minimum absolute atomic E-state index is 0.916. The van der Waals surface area contributed by atoms with E-state index in [9.17, 15) is 0 Å². The van der Waals surface area contributed by atoms with Crippen LogP contribution < -0.4 is 0 Å². The Morgan fingerprint density at radius 1 is 0.227 bits per heavy atom. The number of para-hydroxylation sites is 1. The lowest BCUT2D eigenvalue weighted by atomic mass is 9.97. The topological polar surface area (TPSA) is 64.5 Å². The van der Waals surface area contributed by atoms with Crippen molar-refractivity contribution in [1.29, 1.82) is 0 Å². The van der Waals surface area contributed by atoms with E-state index in [1.165, 1.54) is 21.5 Å². The van der Waals surface area contributed by atoms with E-state index in [4.69, 9.17) is 19.9 Å². The second kappa shape index (κ2) is 15.4. The summed E-state index contributed by atoms with van der Waals surface area (Å²) in [4.78, 5) is 25.0. The summed E-state index contributed by atoms with van der Waals surface area (Å²) in [5, 5.41) is 13.8. The zero-order valence-electron chi connectivity index (χ0n) is 35.6. The van der Waals surface area contributed by atoms with E-state index >= 15 is 0 Å². The molecule has 66 heavy (non-hydrogen) atoms. The van der Waals surface area contributed by atoms with Crippen LogP contribution in [0.5, 0.6) is 0 Å². The second-order valence-corrected chi connectivity index (χ2v) is 16.9. The molecule has 14 rings (SSSR count). The molecule has 0 amide bonds. The van der Waals surface area contributed by atoms with Crippen LogP contribution in [0.1, 0.15) is 0 Å². The van der Waals surface area contributed by atoms with Gasteiger partial charge >= 0.3 is 0 Å². The van der Waals surface area contributed by atoms with Gasteiger partial charge in [-0.3, -0.25) is 4.98 Å². The fourth-order valence-corrected chi connectivity index (χ4v) is 9.51. The van der Waals surface area contributed by atoms with E-state index in [-0.39, 0.29) is 0 Å². The third-order valence-corrected chi connectivity index (χ3v) is 12.8. The van der Waals surface area contributed by atoms with Gasteiger partial charge in [0.15, 0.2) is 0 Å². The molecule has 0 aliphatic carbocycles. The number of hydrogen-bond donors (Lipinski definition) is 0. The standard InChI is InChI=1S/C45H27N3.C16H10N2/c1-4-10-37-28(7-1)13-16-31-19-22-40(46-43(31)37)34-25-35(41-23-20-32-17-14-29-8-2-5-11-38(29)44(32)47-41)27-36(26-34)42-24-21-33-18-15-30-9-3-6-12-39(30)45(33)48-42;1-2-6-14-12(4-1)10-13-8-7-11-5-3-9-17-15(11)16(13)18-14/h1-27H;1-10H. The lowest BCUT2D eigenvalue weighted by molar-refractivity contribution is 1.37. The Hall–Kier alpha value is -8.93. The highest BCUT2D eigenvalue weighted by Gasteiger charge is 2.14. The first kappa shape index (κ1) is 37.6. The summed E-state index contributed by atoms with van der Waals surface area (Å²) in [6.07, 6.45) is 1.82. The highest BCUT2D eigenvalue weighted by molar-refractivity contribution is 6.09. The van der Waals surface area contributed by atoms with Gasteiger partial charge in [-0.2, -0.15) is 0 Å². The molecule has 5 heterocycles. The van der Waals surface area contributed by atoms with Crippen LogP contribution in [0.25, 0.3) is 132 Å². The molecule has 306 valence electrons. The molecule has 5 heteroatoms. The van der Waals surface area contributed by atoms with Crippen molar-refractivity contribution < 1.29 is 0 Å². The van der Waals surface area contributed by atoms with Crippen molar-refractivity contribution in [3.63, 3.8) is 0 Å². The number of pyridine rings is 5. The largest absolute Gasteiger partial charge is 0.254 e. The predicted molar refractivity (Wildman–Crippen MR) is 276 cm³/mol. The maximum Gasteiger partial charge on any atom is 0.0972 e. The molecule has 0 aliphatic rings. The van der Waals surface area contributed by atoms with Gasteiger partial charge < -0.3 is 0 Å². The third kappa shape index (κ3) is 6.53. The van der Waals surface area contributed by atoms with Gasteiger partial charge in [-0.05, 0) is 70.8 Å². The molecule has 0 atom stereocenters. The number of fused-ring (bicyclic) bond motifs is 13. The van der Waals surface area contributed by atoms with Crippen molar-refractivity contribution in [3.8, 4) is 33.8 Å². The predicted octanol–water partition coefficient (Wildman–Crippen LogP) is 15.7. The van der Waals surface area contributed by atoms with E-state index in [1.54, 1.807) is 0 Å². The summed E-state index contributed by atoms with van der Waals surface area (Å²) in [6.45, 7) is 0. The Kier molecular flexibility index (Phi) is 8.78. The summed E-state index contributed by atoms with van der Waals surface area (Å²) < 4.78 is 0. The van der Waals surface area contributed by atoms with Gasteiger partial charge in [-0.1, -0.05) is 164 Å². The van der Waals surface area contributed by atoms with Gasteiger partial charge in [0.1, 0.15) is 0 Å². The van der Waals surface area contributed by atoms with Crippen LogP contribution in [0.4, 0.5) is 0 Å². The fraction of sp³-hybridized carbons (Fsp3) is 0. The average molecular weight is 840 g/mol. The Balaban J connectivity index is 0.000000201. The van der Waals surface area contributed by atoms with E-state index in [0.717, 1.165) is 110 Å². The van der Waals surface area contributed by atoms with Crippen LogP contribution in [0, 0.1) is 0 Å². The van der Waals surface area contributed by atoms with Crippen molar-refractivity contribution in [1.82, 2.24) is 24.9 Å². The first-order valence-corrected chi connectivity index (χ1v) is 22.2. The Morgan fingerprint density at radius 3 is 1.08 bits per heavy atom. The maximum atomic E-state index is 5.28. The van der Waals surface area contributed by atoms with Gasteiger partial charge in [-0.25, -0.2) is 19.9 Å². The van der Waals surface area contributed by atoms with Crippen molar-refractivity contribution in [2.45, 2.75) is 0 Å². The number of benzene rings is 9. The quantitative estimate of drug-likeness (QED) is 0.131. The highest BCUT2D eigenvalue weighted by Crippen LogP contribution is 2.36. The summed E-state index contributed by atoms with van der Waals surface area (Å²) in [5.41, 5.74) is 11.8. The number of nitrogens with zero attached hydrogens (tertiary/aromatic N) is 5. The van der Waals surface area contributed by atoms with E-state index in [1.807, 2.05) is 30.5 Å². The summed E-state index contributed by atoms with van der Waals surface area (Å²) in [7, 11) is 0. The van der Waals surface area contributed by atoms with Crippen LogP contribution in [0.3, 0.4) is 0 Å². The zero-order valence-corrected chi connectivity index (χ0v) is 35.6. The maximum absolute atomic E-state index is 5.28. The van der Waals surface area contributed by atoms with Crippen molar-refractivity contribution in [3.05, 3.63) is 225 Å². The van der Waals surface area contributed by atoms with Crippen LogP contribution in [0.15, 0.2) is 225 Å². The van der Waals surface area contributed by atoms with Gasteiger partial charge in [0.25, 0.3) is 0 Å². The molecule has 0 N–H and O–H groups in total. The summed E-state index contributed by atoms with van der Waals surface area (Å²) in [5.74, 6) is 0. The molecule has 14 aromatic rings. The van der Waals surface area contributed by atoms with Crippen molar-refractivity contribution >= 4 is 97.7 Å². The molecule has 0 spiro atoms. The molecule has 0 radical (unpaired) electrons. The fourth-order valence-electron chi connectivity index (χ4n) is 9.51. The lowest BCUT2D eigenvalue weighted by Gasteiger charge is -2.13. The molecule has 9 aromatic carbocycles. The molecule has 5 aromatic heterocycles. The normalized spacial score (nSPS) is 11.6. The molecular weight excluding hydrogens is 803 g/mol. The first-order chi connectivity index (χ1) is 32.7. The van der Waals surface area contributed by atoms with Crippen LogP contribution in [0.2, 0.25) is 0 Å². The molecule has 0 bridgehead atoms. The van der Waals surface area contributed by atoms with Gasteiger partial charge in [0.2, 0.25) is 0 Å². The molecule has 5 nitrogen and oxygen atoms in total. The van der Waals surface area contributed by atoms with Crippen LogP contribution in [-0.2, 0) is 0 Å². The average Bonchev–Trinajstić information content (AvgIpc) is 3.39.